The molecule has 152 valence electrons. The Morgan fingerprint density at radius 2 is 1.57 bits per heavy atom. The lowest BCUT2D eigenvalue weighted by Crippen LogP contribution is -3.16. The van der Waals surface area contributed by atoms with Gasteiger partial charge in [0.2, 0.25) is 21.8 Å². The number of likely N-dealkylation sites (tertiary alicyclic amines) is 1. The van der Waals surface area contributed by atoms with Gasteiger partial charge in [0.05, 0.1) is 38.0 Å². The molecule has 1 N–H and O–H groups in total. The van der Waals surface area contributed by atoms with Gasteiger partial charge in [-0.1, -0.05) is 25.0 Å². The smallest absolute Gasteiger partial charge is 0.246 e. The third-order valence-corrected chi connectivity index (χ3v) is 8.13. The first kappa shape index (κ1) is 19.5. The third-order valence-electron chi connectivity index (χ3n) is 6.20. The summed E-state index contributed by atoms with van der Waals surface area (Å²) in [5.74, 6) is -1.22. The number of quaternary nitrogens is 1. The molecule has 2 amide bonds. The van der Waals surface area contributed by atoms with E-state index in [1.807, 2.05) is 0 Å². The zero-order valence-electron chi connectivity index (χ0n) is 15.6. The summed E-state index contributed by atoms with van der Waals surface area (Å²) in [6.45, 7) is 1.70. The van der Waals surface area contributed by atoms with Crippen molar-refractivity contribution in [3.8, 4) is 0 Å². The largest absolute Gasteiger partial charge is 0.315 e. The molecule has 0 bridgehead atoms. The van der Waals surface area contributed by atoms with Crippen LogP contribution in [-0.4, -0.2) is 62.3 Å². The number of carbonyl (C=O) groups is 2. The van der Waals surface area contributed by atoms with Gasteiger partial charge in [0.15, 0.2) is 6.67 Å². The lowest BCUT2D eigenvalue weighted by molar-refractivity contribution is -0.910. The van der Waals surface area contributed by atoms with Crippen LogP contribution < -0.4 is 4.90 Å². The normalized spacial score (nSPS) is 27.2. The summed E-state index contributed by atoms with van der Waals surface area (Å²) in [5.41, 5.74) is 0. The standard InChI is InChI=1S/C19H24FN3O4S/c20-16-7-3-4-8-17(16)28(26,27)22-11-9-21(10-12-22)13-23-18(24)14-5-1-2-6-15(14)19(23)25/h3-4,7-8,14-15H,1-2,5-6,9-13H2/p+1/t14-,15+. The molecule has 1 aromatic rings. The zero-order chi connectivity index (χ0) is 19.9. The maximum absolute atomic E-state index is 13.9. The Morgan fingerprint density at radius 1 is 1.00 bits per heavy atom. The molecular weight excluding hydrogens is 385 g/mol. The number of rotatable bonds is 4. The van der Waals surface area contributed by atoms with Gasteiger partial charge in [-0.15, -0.1) is 0 Å². The number of halogens is 1. The van der Waals surface area contributed by atoms with E-state index in [0.29, 0.717) is 13.1 Å². The Bertz CT molecular complexity index is 859. The summed E-state index contributed by atoms with van der Waals surface area (Å²) in [6, 6.07) is 5.37. The zero-order valence-corrected chi connectivity index (χ0v) is 16.5. The number of imide groups is 1. The first-order chi connectivity index (χ1) is 13.4. The van der Waals surface area contributed by atoms with Crippen LogP contribution in [0.15, 0.2) is 29.2 Å². The number of benzene rings is 1. The second-order valence-corrected chi connectivity index (χ2v) is 9.75. The van der Waals surface area contributed by atoms with Crippen LogP contribution in [0, 0.1) is 17.7 Å². The molecule has 1 aromatic carbocycles. The minimum absolute atomic E-state index is 0.0661. The first-order valence-corrected chi connectivity index (χ1v) is 11.3. The Balaban J connectivity index is 1.39. The fraction of sp³-hybridized carbons (Fsp3) is 0.579. The lowest BCUT2D eigenvalue weighted by atomic mass is 9.81. The monoisotopic (exact) mass is 410 g/mol. The van der Waals surface area contributed by atoms with Crippen LogP contribution in [0.2, 0.25) is 0 Å². The summed E-state index contributed by atoms with van der Waals surface area (Å²) >= 11 is 0. The number of hydrogen-bond donors (Lipinski definition) is 1. The highest BCUT2D eigenvalue weighted by atomic mass is 32.2. The van der Waals surface area contributed by atoms with Gasteiger partial charge in [0.25, 0.3) is 0 Å². The molecule has 3 fully saturated rings. The Labute approximate surface area is 164 Å². The maximum Gasteiger partial charge on any atom is 0.246 e. The van der Waals surface area contributed by atoms with Gasteiger partial charge < -0.3 is 4.90 Å². The van der Waals surface area contributed by atoms with Crippen LogP contribution in [-0.2, 0) is 19.6 Å². The summed E-state index contributed by atoms with van der Waals surface area (Å²) in [4.78, 5) is 27.3. The van der Waals surface area contributed by atoms with Crippen molar-refractivity contribution in [2.45, 2.75) is 30.6 Å². The van der Waals surface area contributed by atoms with Gasteiger partial charge >= 0.3 is 0 Å². The minimum Gasteiger partial charge on any atom is -0.315 e. The molecule has 7 nitrogen and oxygen atoms in total. The van der Waals surface area contributed by atoms with Crippen molar-refractivity contribution in [1.29, 1.82) is 0 Å². The van der Waals surface area contributed by atoms with Crippen molar-refractivity contribution in [2.75, 3.05) is 32.8 Å². The molecule has 0 aromatic heterocycles. The molecule has 1 saturated carbocycles. The fourth-order valence-electron chi connectivity index (χ4n) is 4.60. The van der Waals surface area contributed by atoms with Crippen molar-refractivity contribution in [2.24, 2.45) is 11.8 Å². The fourth-order valence-corrected chi connectivity index (χ4v) is 6.11. The predicted octanol–water partition coefficient (Wildman–Crippen LogP) is -0.152. The van der Waals surface area contributed by atoms with E-state index in [-0.39, 0.29) is 48.3 Å². The number of amides is 2. The SMILES string of the molecule is O=C1[C@H]2CCCC[C@H]2C(=O)N1C[NH+]1CCN(S(=O)(=O)c2ccccc2F)CC1. The van der Waals surface area contributed by atoms with Gasteiger partial charge in [0.1, 0.15) is 10.7 Å². The summed E-state index contributed by atoms with van der Waals surface area (Å²) in [6.07, 6.45) is 3.56. The van der Waals surface area contributed by atoms with Gasteiger partial charge in [-0.25, -0.2) is 17.7 Å². The third kappa shape index (κ3) is 3.35. The summed E-state index contributed by atoms with van der Waals surface area (Å²) < 4.78 is 40.6. The molecular formula is C19H25FN3O4S+. The molecule has 9 heteroatoms. The van der Waals surface area contributed by atoms with Gasteiger partial charge in [0, 0.05) is 0 Å². The minimum atomic E-state index is -3.88. The van der Waals surface area contributed by atoms with Crippen molar-refractivity contribution < 1.29 is 27.3 Å². The van der Waals surface area contributed by atoms with E-state index in [2.05, 4.69) is 0 Å². The summed E-state index contributed by atoms with van der Waals surface area (Å²) in [5, 5.41) is 0. The Kier molecular flexibility index (Phi) is 5.24. The molecule has 4 rings (SSSR count). The van der Waals surface area contributed by atoms with Crippen molar-refractivity contribution >= 4 is 21.8 Å². The van der Waals surface area contributed by atoms with E-state index in [4.69, 9.17) is 0 Å². The van der Waals surface area contributed by atoms with Crippen LogP contribution in [0.25, 0.3) is 0 Å². The van der Waals surface area contributed by atoms with Crippen LogP contribution in [0.4, 0.5) is 4.39 Å². The molecule has 1 aliphatic carbocycles. The van der Waals surface area contributed by atoms with E-state index < -0.39 is 15.8 Å². The number of sulfonamides is 1. The second kappa shape index (κ2) is 7.53. The van der Waals surface area contributed by atoms with Crippen molar-refractivity contribution in [3.63, 3.8) is 0 Å². The number of fused-ring (bicyclic) bond motifs is 1. The lowest BCUT2D eigenvalue weighted by Gasteiger charge is -2.33. The number of nitrogens with one attached hydrogen (secondary N) is 1. The van der Waals surface area contributed by atoms with Crippen molar-refractivity contribution in [3.05, 3.63) is 30.1 Å². The van der Waals surface area contributed by atoms with Gasteiger partial charge in [-0.05, 0) is 25.0 Å². The predicted molar refractivity (Wildman–Crippen MR) is 98.0 cm³/mol. The molecule has 0 unspecified atom stereocenters. The highest BCUT2D eigenvalue weighted by molar-refractivity contribution is 7.89. The molecule has 3 aliphatic rings. The highest BCUT2D eigenvalue weighted by Crippen LogP contribution is 2.37. The Morgan fingerprint density at radius 3 is 2.14 bits per heavy atom. The molecule has 2 heterocycles. The number of piperazine rings is 1. The highest BCUT2D eigenvalue weighted by Gasteiger charge is 2.49. The quantitative estimate of drug-likeness (QED) is 0.700. The number of nitrogens with zero attached hydrogens (tertiary/aromatic N) is 2. The van der Waals surface area contributed by atoms with E-state index >= 15 is 0 Å². The first-order valence-electron chi connectivity index (χ1n) is 9.83. The molecule has 0 radical (unpaired) electrons. The summed E-state index contributed by atoms with van der Waals surface area (Å²) in [7, 11) is -3.88. The van der Waals surface area contributed by atoms with Crippen LogP contribution in [0.3, 0.4) is 0 Å². The molecule has 28 heavy (non-hydrogen) atoms. The molecule has 0 spiro atoms. The average Bonchev–Trinajstić information content (AvgIpc) is 2.94. The van der Waals surface area contributed by atoms with Crippen LogP contribution >= 0.6 is 0 Å². The number of hydrogen-bond acceptors (Lipinski definition) is 4. The maximum atomic E-state index is 13.9. The van der Waals surface area contributed by atoms with Crippen LogP contribution in [0.1, 0.15) is 25.7 Å². The van der Waals surface area contributed by atoms with Gasteiger partial charge in [-0.2, -0.15) is 4.31 Å². The molecule has 2 atom stereocenters. The van der Waals surface area contributed by atoms with E-state index in [9.17, 15) is 22.4 Å². The average molecular weight is 410 g/mol. The van der Waals surface area contributed by atoms with E-state index in [1.54, 1.807) is 0 Å². The number of carbonyl (C=O) groups excluding carboxylic acids is 2. The van der Waals surface area contributed by atoms with Crippen LogP contribution in [0.5, 0.6) is 0 Å². The van der Waals surface area contributed by atoms with E-state index in [0.717, 1.165) is 36.6 Å². The molecule has 2 saturated heterocycles. The topological polar surface area (TPSA) is 79.2 Å². The Hall–Kier alpha value is -1.84. The second-order valence-electron chi connectivity index (χ2n) is 7.84. The van der Waals surface area contributed by atoms with E-state index in [1.165, 1.54) is 27.4 Å². The molecule has 2 aliphatic heterocycles. The van der Waals surface area contributed by atoms with Gasteiger partial charge in [-0.3, -0.25) is 9.59 Å². The van der Waals surface area contributed by atoms with Crippen molar-refractivity contribution in [1.82, 2.24) is 9.21 Å².